The summed E-state index contributed by atoms with van der Waals surface area (Å²) >= 11 is 0. The van der Waals surface area contributed by atoms with Crippen molar-refractivity contribution >= 4 is 34.5 Å². The van der Waals surface area contributed by atoms with Crippen molar-refractivity contribution in [1.82, 2.24) is 31.2 Å². The lowest BCUT2D eigenvalue weighted by Crippen LogP contribution is -2.62. The molecule has 3 aromatic carbocycles. The number of amides is 4. The molecule has 0 radical (unpaired) electrons. The van der Waals surface area contributed by atoms with Crippen molar-refractivity contribution < 1.29 is 19.2 Å². The Hall–Kier alpha value is -4.96. The summed E-state index contributed by atoms with van der Waals surface area (Å²) in [7, 11) is 0. The van der Waals surface area contributed by atoms with Gasteiger partial charge < -0.3 is 25.8 Å². The summed E-state index contributed by atoms with van der Waals surface area (Å²) in [6.45, 7) is 0.402. The number of aromatic nitrogens is 1. The molecule has 3 heterocycles. The highest BCUT2D eigenvalue weighted by Crippen LogP contribution is 2.20. The highest BCUT2D eigenvalue weighted by molar-refractivity contribution is 5.98. The third-order valence-corrected chi connectivity index (χ3v) is 8.13. The minimum atomic E-state index is -1.00. The van der Waals surface area contributed by atoms with Gasteiger partial charge in [0, 0.05) is 42.9 Å². The summed E-state index contributed by atoms with van der Waals surface area (Å²) in [5.74, 6) is -1.73. The zero-order valence-electron chi connectivity index (χ0n) is 23.6. The molecular weight excluding hydrogens is 544 g/mol. The van der Waals surface area contributed by atoms with Gasteiger partial charge in [0.1, 0.15) is 24.2 Å². The minimum absolute atomic E-state index is 0.159. The summed E-state index contributed by atoms with van der Waals surface area (Å²) in [6.07, 6.45) is 2.48. The number of nitrogens with zero attached hydrogens (tertiary/aromatic N) is 1. The van der Waals surface area contributed by atoms with Crippen molar-refractivity contribution in [2.75, 3.05) is 13.2 Å². The Balaban J connectivity index is 1.36. The number of carbonyl (C=O) groups excluding carboxylic acids is 4. The molecule has 2 fully saturated rings. The molecule has 0 saturated carbocycles. The van der Waals surface area contributed by atoms with Gasteiger partial charge in [-0.15, -0.1) is 0 Å². The second kappa shape index (κ2) is 12.5. The number of fused-ring (bicyclic) bond motifs is 2. The first-order chi connectivity index (χ1) is 21.0. The Bertz CT molecular complexity index is 1620. The fourth-order valence-corrected chi connectivity index (χ4v) is 5.86. The highest BCUT2D eigenvalue weighted by atomic mass is 16.2. The minimum Gasteiger partial charge on any atom is -0.361 e. The van der Waals surface area contributed by atoms with Crippen molar-refractivity contribution in [1.29, 1.82) is 0 Å². The van der Waals surface area contributed by atoms with Gasteiger partial charge >= 0.3 is 0 Å². The van der Waals surface area contributed by atoms with Gasteiger partial charge in [-0.2, -0.15) is 0 Å². The molecule has 10 heteroatoms. The first-order valence-corrected chi connectivity index (χ1v) is 14.5. The van der Waals surface area contributed by atoms with E-state index in [0.717, 1.165) is 27.6 Å². The second-order valence-electron chi connectivity index (χ2n) is 11.1. The smallest absolute Gasteiger partial charge is 0.247 e. The van der Waals surface area contributed by atoms with E-state index in [1.54, 1.807) is 0 Å². The molecule has 6 rings (SSSR count). The van der Waals surface area contributed by atoms with Crippen LogP contribution in [0.3, 0.4) is 0 Å². The van der Waals surface area contributed by atoms with E-state index in [0.29, 0.717) is 0 Å². The number of benzene rings is 3. The average Bonchev–Trinajstić information content (AvgIpc) is 3.68. The molecule has 43 heavy (non-hydrogen) atoms. The van der Waals surface area contributed by atoms with Crippen LogP contribution < -0.4 is 21.3 Å². The summed E-state index contributed by atoms with van der Waals surface area (Å²) in [5, 5.41) is 12.8. The summed E-state index contributed by atoms with van der Waals surface area (Å²) < 4.78 is 0. The summed E-state index contributed by atoms with van der Waals surface area (Å²) in [6, 6.07) is 22.8. The number of hydrogen-bond donors (Lipinski definition) is 5. The summed E-state index contributed by atoms with van der Waals surface area (Å²) in [4.78, 5) is 60.1. The van der Waals surface area contributed by atoms with Gasteiger partial charge in [0.05, 0.1) is 6.67 Å². The first kappa shape index (κ1) is 28.2. The van der Waals surface area contributed by atoms with Crippen LogP contribution in [0.2, 0.25) is 0 Å². The van der Waals surface area contributed by atoms with Crippen LogP contribution in [-0.4, -0.2) is 70.9 Å². The van der Waals surface area contributed by atoms with Crippen molar-refractivity contribution in [2.24, 2.45) is 0 Å². The van der Waals surface area contributed by atoms with Crippen molar-refractivity contribution in [3.63, 3.8) is 0 Å². The van der Waals surface area contributed by atoms with E-state index in [-0.39, 0.29) is 38.4 Å². The van der Waals surface area contributed by atoms with Gasteiger partial charge in [-0.25, -0.2) is 0 Å². The predicted molar refractivity (Wildman–Crippen MR) is 162 cm³/mol. The molecule has 4 amide bonds. The largest absolute Gasteiger partial charge is 0.361 e. The zero-order chi connectivity index (χ0) is 29.8. The fraction of sp³-hybridized carbons (Fsp3) is 0.273. The highest BCUT2D eigenvalue weighted by Gasteiger charge is 2.40. The van der Waals surface area contributed by atoms with E-state index in [4.69, 9.17) is 0 Å². The molecule has 0 spiro atoms. The normalized spacial score (nSPS) is 23.1. The van der Waals surface area contributed by atoms with Crippen LogP contribution in [0.15, 0.2) is 91.1 Å². The van der Waals surface area contributed by atoms with E-state index in [1.807, 2.05) is 91.1 Å². The third kappa shape index (κ3) is 6.29. The fourth-order valence-electron chi connectivity index (χ4n) is 5.86. The van der Waals surface area contributed by atoms with Crippen LogP contribution in [0.4, 0.5) is 0 Å². The molecule has 220 valence electrons. The lowest BCUT2D eigenvalue weighted by atomic mass is 9.99. The van der Waals surface area contributed by atoms with Crippen LogP contribution in [-0.2, 0) is 38.4 Å². The van der Waals surface area contributed by atoms with Gasteiger partial charge in [-0.05, 0) is 22.8 Å². The van der Waals surface area contributed by atoms with Crippen molar-refractivity contribution in [3.05, 3.63) is 108 Å². The molecule has 5 N–H and O–H groups in total. The van der Waals surface area contributed by atoms with Gasteiger partial charge in [0.2, 0.25) is 23.6 Å². The van der Waals surface area contributed by atoms with Gasteiger partial charge in [0.15, 0.2) is 0 Å². The number of aromatic amines is 1. The SMILES string of the molecule is O=C1NC(Cc2ccccc2)C(=O)N2CNCC2C(=O)NC(Cc2ccccc2)C(=O)NC1Cc1c[nH]c2ccccc12. The third-order valence-electron chi connectivity index (χ3n) is 8.13. The van der Waals surface area contributed by atoms with Gasteiger partial charge in [0.25, 0.3) is 0 Å². The molecule has 4 unspecified atom stereocenters. The standard InChI is InChI=1S/C33H34N6O4/c40-30-26(15-21-9-3-1-4-10-21)37-32(42)29-19-34-20-39(29)33(43)28(16-22-11-5-2-6-12-22)38-31(41)27(36-30)17-23-18-35-25-14-8-7-13-24(23)25/h1-14,18,26-29,34-35H,15-17,19-20H2,(H,36,40)(H,37,42)(H,38,41). The second-order valence-corrected chi connectivity index (χ2v) is 11.1. The Labute approximate surface area is 249 Å². The van der Waals surface area contributed by atoms with Crippen molar-refractivity contribution in [2.45, 2.75) is 43.4 Å². The maximum absolute atomic E-state index is 14.0. The van der Waals surface area contributed by atoms with Gasteiger partial charge in [-0.1, -0.05) is 78.9 Å². The molecule has 2 aliphatic rings. The quantitative estimate of drug-likeness (QED) is 0.236. The molecule has 0 aliphatic carbocycles. The van der Waals surface area contributed by atoms with E-state index < -0.39 is 41.9 Å². The molecule has 10 nitrogen and oxygen atoms in total. The summed E-state index contributed by atoms with van der Waals surface area (Å²) in [5.41, 5.74) is 3.48. The van der Waals surface area contributed by atoms with E-state index in [2.05, 4.69) is 26.3 Å². The van der Waals surface area contributed by atoms with Gasteiger partial charge in [-0.3, -0.25) is 24.5 Å². The molecule has 2 aliphatic heterocycles. The Morgan fingerprint density at radius 2 is 1.19 bits per heavy atom. The molecule has 4 aromatic rings. The Kier molecular flexibility index (Phi) is 8.19. The number of carbonyl (C=O) groups is 4. The Morgan fingerprint density at radius 1 is 0.628 bits per heavy atom. The van der Waals surface area contributed by atoms with Crippen LogP contribution in [0.25, 0.3) is 10.9 Å². The van der Waals surface area contributed by atoms with Crippen molar-refractivity contribution in [3.8, 4) is 0 Å². The molecule has 2 saturated heterocycles. The van der Waals surface area contributed by atoms with Crippen LogP contribution in [0.5, 0.6) is 0 Å². The number of hydrogen-bond acceptors (Lipinski definition) is 5. The maximum atomic E-state index is 14.0. The lowest BCUT2D eigenvalue weighted by Gasteiger charge is -2.32. The van der Waals surface area contributed by atoms with Crippen LogP contribution in [0, 0.1) is 0 Å². The molecule has 0 bridgehead atoms. The molecule has 1 aromatic heterocycles. The Morgan fingerprint density at radius 3 is 1.88 bits per heavy atom. The van der Waals surface area contributed by atoms with E-state index >= 15 is 0 Å². The maximum Gasteiger partial charge on any atom is 0.247 e. The number of rotatable bonds is 6. The topological polar surface area (TPSA) is 135 Å². The number of H-pyrrole nitrogens is 1. The number of para-hydroxylation sites is 1. The zero-order valence-corrected chi connectivity index (χ0v) is 23.6. The van der Waals surface area contributed by atoms with E-state index in [9.17, 15) is 19.2 Å². The first-order valence-electron chi connectivity index (χ1n) is 14.5. The lowest BCUT2D eigenvalue weighted by molar-refractivity contribution is -0.143. The predicted octanol–water partition coefficient (Wildman–Crippen LogP) is 1.42. The monoisotopic (exact) mass is 578 g/mol. The average molecular weight is 579 g/mol. The molecular formula is C33H34N6O4. The van der Waals surface area contributed by atoms with E-state index in [1.165, 1.54) is 4.90 Å². The van der Waals surface area contributed by atoms with Crippen LogP contribution >= 0.6 is 0 Å². The molecule has 4 atom stereocenters. The number of nitrogens with one attached hydrogen (secondary N) is 5. The van der Waals surface area contributed by atoms with Crippen LogP contribution in [0.1, 0.15) is 16.7 Å².